The van der Waals surface area contributed by atoms with Gasteiger partial charge in [-0.1, -0.05) is 41.9 Å². The molecule has 3 heteroatoms. The highest BCUT2D eigenvalue weighted by molar-refractivity contribution is 5.84. The van der Waals surface area contributed by atoms with E-state index in [1.54, 1.807) is 0 Å². The van der Waals surface area contributed by atoms with Crippen molar-refractivity contribution in [2.45, 2.75) is 51.0 Å². The molecule has 2 aliphatic rings. The van der Waals surface area contributed by atoms with Gasteiger partial charge in [0.2, 0.25) is 0 Å². The average Bonchev–Trinajstić information content (AvgIpc) is 2.58. The van der Waals surface area contributed by atoms with Crippen LogP contribution in [-0.4, -0.2) is 28.9 Å². The summed E-state index contributed by atoms with van der Waals surface area (Å²) in [4.78, 5) is 2.70. The maximum absolute atomic E-state index is 8.96. The first kappa shape index (κ1) is 14.6. The predicted octanol–water partition coefficient (Wildman–Crippen LogP) is 4.23. The van der Waals surface area contributed by atoms with Crippen molar-refractivity contribution in [1.82, 2.24) is 4.90 Å². The van der Waals surface area contributed by atoms with Crippen molar-refractivity contribution in [3.05, 3.63) is 35.9 Å². The molecule has 0 amide bonds. The Balaban J connectivity index is 1.79. The summed E-state index contributed by atoms with van der Waals surface area (Å²) in [5, 5.41) is 12.4. The molecule has 21 heavy (non-hydrogen) atoms. The minimum Gasteiger partial charge on any atom is -0.411 e. The van der Waals surface area contributed by atoms with Crippen LogP contribution in [0, 0.1) is 5.92 Å². The van der Waals surface area contributed by atoms with Gasteiger partial charge in [-0.05, 0) is 63.1 Å². The normalized spacial score (nSPS) is 25.5. The van der Waals surface area contributed by atoms with Gasteiger partial charge in [0.15, 0.2) is 0 Å². The van der Waals surface area contributed by atoms with Crippen LogP contribution in [0.5, 0.6) is 0 Å². The predicted molar refractivity (Wildman–Crippen MR) is 85.8 cm³/mol. The molecule has 1 saturated heterocycles. The molecule has 3 rings (SSSR count). The number of hydrogen-bond acceptors (Lipinski definition) is 3. The molecular weight excluding hydrogens is 260 g/mol. The van der Waals surface area contributed by atoms with Gasteiger partial charge in [0, 0.05) is 6.04 Å². The number of likely N-dealkylation sites (tertiary alicyclic amines) is 1. The zero-order valence-electron chi connectivity index (χ0n) is 12.7. The summed E-state index contributed by atoms with van der Waals surface area (Å²) >= 11 is 0. The Morgan fingerprint density at radius 1 is 1.00 bits per heavy atom. The molecule has 1 aromatic carbocycles. The number of oxime groups is 1. The summed E-state index contributed by atoms with van der Waals surface area (Å²) in [6.45, 7) is 2.47. The van der Waals surface area contributed by atoms with Crippen LogP contribution in [0.4, 0.5) is 0 Å². The van der Waals surface area contributed by atoms with E-state index in [9.17, 15) is 0 Å². The second-order valence-corrected chi connectivity index (χ2v) is 6.46. The summed E-state index contributed by atoms with van der Waals surface area (Å²) in [6, 6.07) is 11.6. The van der Waals surface area contributed by atoms with Gasteiger partial charge < -0.3 is 5.21 Å². The Morgan fingerprint density at radius 3 is 2.29 bits per heavy atom. The zero-order valence-corrected chi connectivity index (χ0v) is 12.7. The average molecular weight is 286 g/mol. The summed E-state index contributed by atoms with van der Waals surface area (Å²) in [5.74, 6) is 0.691. The Hall–Kier alpha value is -1.35. The summed E-state index contributed by atoms with van der Waals surface area (Å²) < 4.78 is 0. The SMILES string of the molecule is ON=C1CCC(C(c2ccccc2)N2CCCCC2)CC1. The molecule has 1 saturated carbocycles. The van der Waals surface area contributed by atoms with Gasteiger partial charge in [-0.3, -0.25) is 4.90 Å². The maximum atomic E-state index is 8.96. The second kappa shape index (κ2) is 7.08. The van der Waals surface area contributed by atoms with Crippen LogP contribution in [0.1, 0.15) is 56.6 Å². The third-order valence-corrected chi connectivity index (χ3v) is 5.12. The van der Waals surface area contributed by atoms with Crippen LogP contribution in [-0.2, 0) is 0 Å². The monoisotopic (exact) mass is 286 g/mol. The molecular formula is C18H26N2O. The highest BCUT2D eigenvalue weighted by atomic mass is 16.4. The molecule has 2 fully saturated rings. The third kappa shape index (κ3) is 3.46. The van der Waals surface area contributed by atoms with E-state index < -0.39 is 0 Å². The van der Waals surface area contributed by atoms with Gasteiger partial charge in [-0.15, -0.1) is 0 Å². The van der Waals surface area contributed by atoms with Gasteiger partial charge in [-0.2, -0.15) is 0 Å². The van der Waals surface area contributed by atoms with Crippen LogP contribution in [0.25, 0.3) is 0 Å². The van der Waals surface area contributed by atoms with Gasteiger partial charge >= 0.3 is 0 Å². The van der Waals surface area contributed by atoms with E-state index in [0.29, 0.717) is 12.0 Å². The molecule has 1 atom stereocenters. The van der Waals surface area contributed by atoms with Crippen LogP contribution < -0.4 is 0 Å². The van der Waals surface area contributed by atoms with Crippen molar-refractivity contribution in [1.29, 1.82) is 0 Å². The fourth-order valence-corrected chi connectivity index (χ4v) is 4.02. The minimum atomic E-state index is 0.548. The van der Waals surface area contributed by atoms with Crippen molar-refractivity contribution in [2.24, 2.45) is 11.1 Å². The fourth-order valence-electron chi connectivity index (χ4n) is 4.02. The zero-order chi connectivity index (χ0) is 14.5. The third-order valence-electron chi connectivity index (χ3n) is 5.12. The van der Waals surface area contributed by atoms with E-state index >= 15 is 0 Å². The Kier molecular flexibility index (Phi) is 4.91. The van der Waals surface area contributed by atoms with E-state index in [0.717, 1.165) is 31.4 Å². The fraction of sp³-hybridized carbons (Fsp3) is 0.611. The van der Waals surface area contributed by atoms with Crippen LogP contribution in [0.2, 0.25) is 0 Å². The number of nitrogens with zero attached hydrogens (tertiary/aromatic N) is 2. The lowest BCUT2D eigenvalue weighted by molar-refractivity contribution is 0.105. The highest BCUT2D eigenvalue weighted by Crippen LogP contribution is 2.38. The molecule has 0 radical (unpaired) electrons. The largest absolute Gasteiger partial charge is 0.411 e. The smallest absolute Gasteiger partial charge is 0.0571 e. The van der Waals surface area contributed by atoms with Crippen LogP contribution in [0.3, 0.4) is 0 Å². The van der Waals surface area contributed by atoms with E-state index in [4.69, 9.17) is 5.21 Å². The lowest BCUT2D eigenvalue weighted by Crippen LogP contribution is -2.38. The van der Waals surface area contributed by atoms with Crippen molar-refractivity contribution in [3.63, 3.8) is 0 Å². The number of piperidine rings is 1. The molecule has 114 valence electrons. The summed E-state index contributed by atoms with van der Waals surface area (Å²) in [6.07, 6.45) is 8.25. The molecule has 0 spiro atoms. The standard InChI is InChI=1S/C18H26N2O/c21-19-17-11-9-16(10-12-17)18(15-7-3-1-4-8-15)20-13-5-2-6-14-20/h1,3-4,7-8,16,18,21H,2,5-6,9-14H2. The highest BCUT2D eigenvalue weighted by Gasteiger charge is 2.32. The summed E-state index contributed by atoms with van der Waals surface area (Å²) in [7, 11) is 0. The number of benzene rings is 1. The first-order valence-electron chi connectivity index (χ1n) is 8.37. The van der Waals surface area contributed by atoms with Crippen molar-refractivity contribution in [2.75, 3.05) is 13.1 Å². The van der Waals surface area contributed by atoms with Crippen molar-refractivity contribution >= 4 is 5.71 Å². The van der Waals surface area contributed by atoms with Crippen LogP contribution in [0.15, 0.2) is 35.5 Å². The van der Waals surface area contributed by atoms with Gasteiger partial charge in [0.1, 0.15) is 0 Å². The van der Waals surface area contributed by atoms with E-state index in [2.05, 4.69) is 40.4 Å². The first-order valence-corrected chi connectivity index (χ1v) is 8.37. The Bertz CT molecular complexity index is 455. The molecule has 0 aromatic heterocycles. The van der Waals surface area contributed by atoms with E-state index in [1.165, 1.54) is 37.9 Å². The minimum absolute atomic E-state index is 0.548. The molecule has 1 heterocycles. The van der Waals surface area contributed by atoms with Gasteiger partial charge in [0.25, 0.3) is 0 Å². The molecule has 0 bridgehead atoms. The topological polar surface area (TPSA) is 35.8 Å². The Morgan fingerprint density at radius 2 is 1.67 bits per heavy atom. The van der Waals surface area contributed by atoms with Gasteiger partial charge in [0.05, 0.1) is 5.71 Å². The van der Waals surface area contributed by atoms with E-state index in [-0.39, 0.29) is 0 Å². The molecule has 1 aliphatic heterocycles. The molecule has 3 nitrogen and oxygen atoms in total. The lowest BCUT2D eigenvalue weighted by Gasteiger charge is -2.41. The first-order chi connectivity index (χ1) is 10.4. The van der Waals surface area contributed by atoms with Crippen molar-refractivity contribution < 1.29 is 5.21 Å². The maximum Gasteiger partial charge on any atom is 0.0571 e. The Labute approximate surface area is 127 Å². The number of hydrogen-bond donors (Lipinski definition) is 1. The second-order valence-electron chi connectivity index (χ2n) is 6.46. The summed E-state index contributed by atoms with van der Waals surface area (Å²) in [5.41, 5.74) is 2.45. The van der Waals surface area contributed by atoms with E-state index in [1.807, 2.05) is 0 Å². The molecule has 1 unspecified atom stereocenters. The van der Waals surface area contributed by atoms with Crippen molar-refractivity contribution in [3.8, 4) is 0 Å². The molecule has 1 aromatic rings. The lowest BCUT2D eigenvalue weighted by atomic mass is 9.79. The van der Waals surface area contributed by atoms with Crippen LogP contribution >= 0.6 is 0 Å². The van der Waals surface area contributed by atoms with Gasteiger partial charge in [-0.25, -0.2) is 0 Å². The molecule has 1 aliphatic carbocycles. The number of rotatable bonds is 3. The quantitative estimate of drug-likeness (QED) is 0.666. The molecule has 1 N–H and O–H groups in total.